The number of carbonyl (C=O) groups excluding carboxylic acids is 2. The van der Waals surface area contributed by atoms with Gasteiger partial charge >= 0.3 is 0 Å². The van der Waals surface area contributed by atoms with Gasteiger partial charge in [-0.3, -0.25) is 9.59 Å². The topological polar surface area (TPSA) is 49.4 Å². The first-order valence-corrected chi connectivity index (χ1v) is 11.0. The largest absolute Gasteiger partial charge is 0.354 e. The molecule has 0 saturated carbocycles. The van der Waals surface area contributed by atoms with E-state index in [2.05, 4.69) is 5.32 Å². The molecule has 6 heteroatoms. The number of carbonyl (C=O) groups is 2. The first kappa shape index (κ1) is 22.3. The second-order valence-electron chi connectivity index (χ2n) is 6.59. The van der Waals surface area contributed by atoms with E-state index in [0.717, 1.165) is 23.3 Å². The molecule has 2 aromatic rings. The standard InChI is InChI=1S/C22H27ClN2O2S/c1-3-13-24-22(27)17(2)25(14-18-7-5-4-6-8-18)21(26)16-28-15-19-9-11-20(23)12-10-19/h4-12,17H,3,13-16H2,1-2H3,(H,24,27)/t17-/m0/s1. The average molecular weight is 419 g/mol. The van der Waals surface area contributed by atoms with Crippen molar-refractivity contribution in [3.05, 3.63) is 70.7 Å². The third-order valence-corrected chi connectivity index (χ3v) is 5.56. The first-order valence-electron chi connectivity index (χ1n) is 9.44. The summed E-state index contributed by atoms with van der Waals surface area (Å²) >= 11 is 7.45. The van der Waals surface area contributed by atoms with Gasteiger partial charge < -0.3 is 10.2 Å². The van der Waals surface area contributed by atoms with Crippen LogP contribution in [0.1, 0.15) is 31.4 Å². The van der Waals surface area contributed by atoms with Gasteiger partial charge in [-0.1, -0.05) is 61.0 Å². The minimum atomic E-state index is -0.518. The van der Waals surface area contributed by atoms with Crippen LogP contribution < -0.4 is 5.32 Å². The zero-order chi connectivity index (χ0) is 20.4. The van der Waals surface area contributed by atoms with E-state index in [4.69, 9.17) is 11.6 Å². The molecule has 0 fully saturated rings. The molecule has 0 aromatic heterocycles. The summed E-state index contributed by atoms with van der Waals surface area (Å²) in [6.07, 6.45) is 0.863. The zero-order valence-electron chi connectivity index (χ0n) is 16.4. The molecule has 0 unspecified atom stereocenters. The van der Waals surface area contributed by atoms with Crippen molar-refractivity contribution in [1.29, 1.82) is 0 Å². The van der Waals surface area contributed by atoms with Crippen molar-refractivity contribution >= 4 is 35.2 Å². The Balaban J connectivity index is 2.00. The number of amides is 2. The molecule has 1 atom stereocenters. The smallest absolute Gasteiger partial charge is 0.242 e. The molecule has 4 nitrogen and oxygen atoms in total. The number of nitrogens with zero attached hydrogens (tertiary/aromatic N) is 1. The lowest BCUT2D eigenvalue weighted by atomic mass is 10.1. The summed E-state index contributed by atoms with van der Waals surface area (Å²) in [5, 5.41) is 3.59. The zero-order valence-corrected chi connectivity index (χ0v) is 17.9. The van der Waals surface area contributed by atoms with Crippen LogP contribution in [0.4, 0.5) is 0 Å². The van der Waals surface area contributed by atoms with Gasteiger partial charge in [0.25, 0.3) is 0 Å². The molecule has 0 aliphatic rings. The Kier molecular flexibility index (Phi) is 9.38. The Morgan fingerprint density at radius 3 is 2.39 bits per heavy atom. The van der Waals surface area contributed by atoms with Gasteiger partial charge in [0, 0.05) is 23.9 Å². The highest BCUT2D eigenvalue weighted by atomic mass is 35.5. The number of rotatable bonds is 10. The van der Waals surface area contributed by atoms with Crippen molar-refractivity contribution < 1.29 is 9.59 Å². The highest BCUT2D eigenvalue weighted by Crippen LogP contribution is 2.17. The van der Waals surface area contributed by atoms with Gasteiger partial charge in [0.1, 0.15) is 6.04 Å². The fraction of sp³-hybridized carbons (Fsp3) is 0.364. The molecule has 0 spiro atoms. The third-order valence-electron chi connectivity index (χ3n) is 4.32. The molecule has 0 aliphatic heterocycles. The molecule has 0 radical (unpaired) electrons. The fourth-order valence-corrected chi connectivity index (χ4v) is 3.68. The van der Waals surface area contributed by atoms with Crippen LogP contribution in [0, 0.1) is 0 Å². The number of thioether (sulfide) groups is 1. The normalized spacial score (nSPS) is 11.7. The summed E-state index contributed by atoms with van der Waals surface area (Å²) in [7, 11) is 0. The van der Waals surface area contributed by atoms with Crippen molar-refractivity contribution in [2.45, 2.75) is 38.6 Å². The number of hydrogen-bond acceptors (Lipinski definition) is 3. The Labute approximate surface area is 176 Å². The third kappa shape index (κ3) is 7.21. The van der Waals surface area contributed by atoms with Gasteiger partial charge in [-0.15, -0.1) is 11.8 Å². The van der Waals surface area contributed by atoms with Crippen LogP contribution in [0.5, 0.6) is 0 Å². The van der Waals surface area contributed by atoms with E-state index in [9.17, 15) is 9.59 Å². The summed E-state index contributed by atoms with van der Waals surface area (Å²) in [4.78, 5) is 27.0. The van der Waals surface area contributed by atoms with Crippen LogP contribution in [0.3, 0.4) is 0 Å². The van der Waals surface area contributed by atoms with Crippen LogP contribution in [-0.4, -0.2) is 35.1 Å². The summed E-state index contributed by atoms with van der Waals surface area (Å²) in [5.74, 6) is 0.884. The molecule has 150 valence electrons. The number of halogens is 1. The Bertz CT molecular complexity index is 753. The minimum Gasteiger partial charge on any atom is -0.354 e. The Morgan fingerprint density at radius 2 is 1.75 bits per heavy atom. The fourth-order valence-electron chi connectivity index (χ4n) is 2.68. The second-order valence-corrected chi connectivity index (χ2v) is 8.02. The molecular weight excluding hydrogens is 392 g/mol. The highest BCUT2D eigenvalue weighted by Gasteiger charge is 2.25. The maximum absolute atomic E-state index is 12.9. The minimum absolute atomic E-state index is 0.0398. The van der Waals surface area contributed by atoms with Crippen molar-refractivity contribution in [1.82, 2.24) is 10.2 Å². The van der Waals surface area contributed by atoms with Crippen LogP contribution in [0.2, 0.25) is 5.02 Å². The van der Waals surface area contributed by atoms with Gasteiger partial charge in [-0.05, 0) is 36.6 Å². The van der Waals surface area contributed by atoms with Gasteiger partial charge in [-0.2, -0.15) is 0 Å². The van der Waals surface area contributed by atoms with E-state index in [1.54, 1.807) is 23.6 Å². The molecule has 0 bridgehead atoms. The molecular formula is C22H27ClN2O2S. The molecule has 28 heavy (non-hydrogen) atoms. The molecule has 0 saturated heterocycles. The van der Waals surface area contributed by atoms with E-state index in [1.807, 2.05) is 61.5 Å². The molecule has 0 aliphatic carbocycles. The predicted molar refractivity (Wildman–Crippen MR) is 117 cm³/mol. The van der Waals surface area contributed by atoms with Crippen molar-refractivity contribution in [2.75, 3.05) is 12.3 Å². The Hall–Kier alpha value is -1.98. The van der Waals surface area contributed by atoms with E-state index in [1.165, 1.54) is 0 Å². The quantitative estimate of drug-likeness (QED) is 0.617. The molecule has 2 amide bonds. The number of benzene rings is 2. The van der Waals surface area contributed by atoms with Gasteiger partial charge in [-0.25, -0.2) is 0 Å². The van der Waals surface area contributed by atoms with E-state index in [0.29, 0.717) is 23.9 Å². The second kappa shape index (κ2) is 11.8. The van der Waals surface area contributed by atoms with Crippen LogP contribution in [0.25, 0.3) is 0 Å². The monoisotopic (exact) mass is 418 g/mol. The van der Waals surface area contributed by atoms with Crippen molar-refractivity contribution in [3.8, 4) is 0 Å². The van der Waals surface area contributed by atoms with Crippen molar-refractivity contribution in [3.63, 3.8) is 0 Å². The first-order chi connectivity index (χ1) is 13.5. The van der Waals surface area contributed by atoms with Crippen LogP contribution in [-0.2, 0) is 21.9 Å². The SMILES string of the molecule is CCCNC(=O)[C@H](C)N(Cc1ccccc1)C(=O)CSCc1ccc(Cl)cc1. The predicted octanol–water partition coefficient (Wildman–Crippen LogP) is 4.52. The molecule has 2 aromatic carbocycles. The molecule has 0 heterocycles. The highest BCUT2D eigenvalue weighted by molar-refractivity contribution is 7.99. The summed E-state index contributed by atoms with van der Waals surface area (Å²) in [6.45, 7) is 4.82. The van der Waals surface area contributed by atoms with Crippen LogP contribution in [0.15, 0.2) is 54.6 Å². The lowest BCUT2D eigenvalue weighted by Crippen LogP contribution is -2.48. The maximum Gasteiger partial charge on any atom is 0.242 e. The average Bonchev–Trinajstić information content (AvgIpc) is 2.71. The number of hydrogen-bond donors (Lipinski definition) is 1. The van der Waals surface area contributed by atoms with Gasteiger partial charge in [0.2, 0.25) is 11.8 Å². The number of nitrogens with one attached hydrogen (secondary N) is 1. The molecule has 2 rings (SSSR count). The summed E-state index contributed by atoms with van der Waals surface area (Å²) < 4.78 is 0. The van der Waals surface area contributed by atoms with E-state index >= 15 is 0 Å². The van der Waals surface area contributed by atoms with Crippen LogP contribution >= 0.6 is 23.4 Å². The summed E-state index contributed by atoms with van der Waals surface area (Å²) in [6, 6.07) is 16.9. The summed E-state index contributed by atoms with van der Waals surface area (Å²) in [5.41, 5.74) is 2.12. The van der Waals surface area contributed by atoms with E-state index < -0.39 is 6.04 Å². The lowest BCUT2D eigenvalue weighted by molar-refractivity contribution is -0.138. The van der Waals surface area contributed by atoms with Gasteiger partial charge in [0.05, 0.1) is 5.75 Å². The Morgan fingerprint density at radius 1 is 1.07 bits per heavy atom. The maximum atomic E-state index is 12.9. The van der Waals surface area contributed by atoms with E-state index in [-0.39, 0.29) is 11.8 Å². The van der Waals surface area contributed by atoms with Crippen molar-refractivity contribution in [2.24, 2.45) is 0 Å². The lowest BCUT2D eigenvalue weighted by Gasteiger charge is -2.28. The van der Waals surface area contributed by atoms with Gasteiger partial charge in [0.15, 0.2) is 0 Å². The molecule has 1 N–H and O–H groups in total.